The van der Waals surface area contributed by atoms with Crippen LogP contribution in [-0.2, 0) is 0 Å². The molecular formula is C18H13NOS. The van der Waals surface area contributed by atoms with Crippen molar-refractivity contribution in [2.45, 2.75) is 6.92 Å². The van der Waals surface area contributed by atoms with E-state index in [0.717, 1.165) is 27.9 Å². The summed E-state index contributed by atoms with van der Waals surface area (Å²) in [7, 11) is 0. The molecule has 2 nitrogen and oxygen atoms in total. The molecule has 0 unspecified atom stereocenters. The van der Waals surface area contributed by atoms with Crippen LogP contribution in [0.5, 0.6) is 0 Å². The van der Waals surface area contributed by atoms with Gasteiger partial charge in [-0.15, -0.1) is 11.3 Å². The highest BCUT2D eigenvalue weighted by molar-refractivity contribution is 7.22. The zero-order valence-corrected chi connectivity index (χ0v) is 12.4. The van der Waals surface area contributed by atoms with E-state index in [-0.39, 0.29) is 0 Å². The molecule has 0 saturated carbocycles. The molecule has 102 valence electrons. The zero-order chi connectivity index (χ0) is 14.4. The summed E-state index contributed by atoms with van der Waals surface area (Å²) < 4.78 is 3.20. The molecule has 1 aromatic carbocycles. The van der Waals surface area contributed by atoms with Gasteiger partial charge in [0.15, 0.2) is 6.29 Å². The Morgan fingerprint density at radius 1 is 1.10 bits per heavy atom. The van der Waals surface area contributed by atoms with Crippen LogP contribution in [0.15, 0.2) is 54.7 Å². The monoisotopic (exact) mass is 291 g/mol. The van der Waals surface area contributed by atoms with Crippen LogP contribution in [0.2, 0.25) is 0 Å². The first-order valence-corrected chi connectivity index (χ1v) is 7.64. The average Bonchev–Trinajstić information content (AvgIpc) is 3.06. The largest absolute Gasteiger partial charge is 0.314 e. The Labute approximate surface area is 126 Å². The summed E-state index contributed by atoms with van der Waals surface area (Å²) in [6.45, 7) is 2.06. The number of aldehydes is 1. The third-order valence-electron chi connectivity index (χ3n) is 3.77. The fourth-order valence-electron chi connectivity index (χ4n) is 2.74. The van der Waals surface area contributed by atoms with Crippen LogP contribution >= 0.6 is 11.3 Å². The van der Waals surface area contributed by atoms with Gasteiger partial charge in [0, 0.05) is 26.9 Å². The van der Waals surface area contributed by atoms with Gasteiger partial charge in [0.1, 0.15) is 0 Å². The summed E-state index contributed by atoms with van der Waals surface area (Å²) in [6, 6.07) is 16.7. The molecule has 0 atom stereocenters. The lowest BCUT2D eigenvalue weighted by atomic mass is 10.2. The molecule has 0 aliphatic heterocycles. The highest BCUT2D eigenvalue weighted by Crippen LogP contribution is 2.36. The van der Waals surface area contributed by atoms with Gasteiger partial charge in [0.25, 0.3) is 0 Å². The quantitative estimate of drug-likeness (QED) is 0.479. The molecule has 0 fully saturated rings. The Bertz CT molecular complexity index is 944. The maximum Gasteiger partial charge on any atom is 0.167 e. The van der Waals surface area contributed by atoms with Crippen molar-refractivity contribution in [1.82, 2.24) is 4.40 Å². The summed E-state index contributed by atoms with van der Waals surface area (Å²) in [5.74, 6) is 0. The van der Waals surface area contributed by atoms with Gasteiger partial charge < -0.3 is 4.40 Å². The highest BCUT2D eigenvalue weighted by atomic mass is 32.1. The van der Waals surface area contributed by atoms with E-state index in [9.17, 15) is 4.79 Å². The van der Waals surface area contributed by atoms with Crippen molar-refractivity contribution >= 4 is 33.2 Å². The minimum atomic E-state index is 0.719. The predicted molar refractivity (Wildman–Crippen MR) is 88.3 cm³/mol. The molecule has 4 aromatic rings. The van der Waals surface area contributed by atoms with E-state index in [1.807, 2.05) is 28.8 Å². The molecule has 3 heterocycles. The molecular weight excluding hydrogens is 278 g/mol. The Balaban J connectivity index is 2.02. The third-order valence-corrected chi connectivity index (χ3v) is 4.92. The molecule has 0 aliphatic carbocycles. The smallest absolute Gasteiger partial charge is 0.167 e. The van der Waals surface area contributed by atoms with Crippen LogP contribution in [0.1, 0.15) is 16.1 Å². The number of hydrogen-bond donors (Lipinski definition) is 0. The fourth-order valence-corrected chi connectivity index (χ4v) is 3.83. The number of fused-ring (bicyclic) bond motifs is 2. The summed E-state index contributed by atoms with van der Waals surface area (Å²) in [5.41, 5.74) is 3.98. The molecule has 21 heavy (non-hydrogen) atoms. The number of carbonyl (C=O) groups excluding carboxylic acids is 1. The van der Waals surface area contributed by atoms with Crippen molar-refractivity contribution in [3.05, 3.63) is 66.0 Å². The van der Waals surface area contributed by atoms with Crippen LogP contribution in [0.3, 0.4) is 0 Å². The average molecular weight is 291 g/mol. The zero-order valence-electron chi connectivity index (χ0n) is 11.5. The molecule has 0 aliphatic rings. The Morgan fingerprint density at radius 3 is 2.76 bits per heavy atom. The summed E-state index contributed by atoms with van der Waals surface area (Å²) in [6.07, 6.45) is 2.91. The van der Waals surface area contributed by atoms with Crippen LogP contribution in [0, 0.1) is 6.92 Å². The maximum atomic E-state index is 11.6. The number of aromatic nitrogens is 1. The Morgan fingerprint density at radius 2 is 1.95 bits per heavy atom. The lowest BCUT2D eigenvalue weighted by molar-refractivity contribution is 0.111. The van der Waals surface area contributed by atoms with E-state index >= 15 is 0 Å². The molecule has 0 bridgehead atoms. The van der Waals surface area contributed by atoms with Crippen molar-refractivity contribution in [3.63, 3.8) is 0 Å². The molecule has 0 spiro atoms. The second-order valence-corrected chi connectivity index (χ2v) is 6.29. The first-order chi connectivity index (χ1) is 10.3. The van der Waals surface area contributed by atoms with Gasteiger partial charge >= 0.3 is 0 Å². The van der Waals surface area contributed by atoms with E-state index < -0.39 is 0 Å². The minimum absolute atomic E-state index is 0.719. The number of pyridine rings is 1. The summed E-state index contributed by atoms with van der Waals surface area (Å²) in [4.78, 5) is 12.7. The first kappa shape index (κ1) is 12.4. The second-order valence-electron chi connectivity index (χ2n) is 5.21. The normalized spacial score (nSPS) is 11.3. The van der Waals surface area contributed by atoms with Gasteiger partial charge in [-0.25, -0.2) is 0 Å². The van der Waals surface area contributed by atoms with Gasteiger partial charge in [0.2, 0.25) is 0 Å². The van der Waals surface area contributed by atoms with Crippen LogP contribution < -0.4 is 0 Å². The molecule has 4 rings (SSSR count). The molecule has 0 radical (unpaired) electrons. The number of nitrogens with zero attached hydrogens (tertiary/aromatic N) is 1. The van der Waals surface area contributed by atoms with Gasteiger partial charge in [-0.1, -0.05) is 18.2 Å². The lowest BCUT2D eigenvalue weighted by Crippen LogP contribution is -1.91. The van der Waals surface area contributed by atoms with Crippen LogP contribution in [-0.4, -0.2) is 10.7 Å². The van der Waals surface area contributed by atoms with Crippen LogP contribution in [0.25, 0.3) is 26.0 Å². The van der Waals surface area contributed by atoms with Crippen molar-refractivity contribution in [2.24, 2.45) is 0 Å². The molecule has 0 N–H and O–H groups in total. The van der Waals surface area contributed by atoms with Crippen molar-refractivity contribution in [3.8, 4) is 10.4 Å². The van der Waals surface area contributed by atoms with E-state index in [0.29, 0.717) is 0 Å². The number of thiophene rings is 1. The van der Waals surface area contributed by atoms with Gasteiger partial charge in [-0.05, 0) is 48.2 Å². The molecule has 0 saturated heterocycles. The fraction of sp³-hybridized carbons (Fsp3) is 0.0556. The van der Waals surface area contributed by atoms with Crippen molar-refractivity contribution < 1.29 is 4.79 Å². The standard InChI is InChI=1S/C18H13NOS/c1-12-6-7-19-14(8-12)10-15(16(19)11-20)18-9-13-4-2-3-5-17(13)21-18/h2-11H,1H3. The number of benzene rings is 1. The number of carbonyl (C=O) groups is 1. The second kappa shape index (κ2) is 4.57. The predicted octanol–water partition coefficient (Wildman–Crippen LogP) is 4.94. The first-order valence-electron chi connectivity index (χ1n) is 6.82. The summed E-state index contributed by atoms with van der Waals surface area (Å²) in [5, 5.41) is 1.22. The maximum absolute atomic E-state index is 11.6. The van der Waals surface area contributed by atoms with Gasteiger partial charge in [-0.2, -0.15) is 0 Å². The lowest BCUT2D eigenvalue weighted by Gasteiger charge is -1.98. The van der Waals surface area contributed by atoms with Gasteiger partial charge in [-0.3, -0.25) is 4.79 Å². The number of hydrogen-bond acceptors (Lipinski definition) is 2. The Kier molecular flexibility index (Phi) is 2.69. The van der Waals surface area contributed by atoms with Crippen molar-refractivity contribution in [2.75, 3.05) is 0 Å². The molecule has 3 heteroatoms. The molecule has 0 amide bonds. The Hall–Kier alpha value is -2.39. The van der Waals surface area contributed by atoms with E-state index in [1.165, 1.54) is 15.6 Å². The number of aryl methyl sites for hydroxylation is 1. The minimum Gasteiger partial charge on any atom is -0.314 e. The van der Waals surface area contributed by atoms with E-state index in [1.54, 1.807) is 11.3 Å². The molecule has 3 aromatic heterocycles. The van der Waals surface area contributed by atoms with E-state index in [4.69, 9.17) is 0 Å². The van der Waals surface area contributed by atoms with Crippen molar-refractivity contribution in [1.29, 1.82) is 0 Å². The topological polar surface area (TPSA) is 21.5 Å². The highest BCUT2D eigenvalue weighted by Gasteiger charge is 2.13. The van der Waals surface area contributed by atoms with Gasteiger partial charge in [0.05, 0.1) is 5.69 Å². The SMILES string of the molecule is Cc1ccn2c(C=O)c(-c3cc4ccccc4s3)cc2c1. The van der Waals surface area contributed by atoms with E-state index in [2.05, 4.69) is 37.3 Å². The number of rotatable bonds is 2. The summed E-state index contributed by atoms with van der Waals surface area (Å²) >= 11 is 1.73. The van der Waals surface area contributed by atoms with Crippen LogP contribution in [0.4, 0.5) is 0 Å². The third kappa shape index (κ3) is 1.89.